The van der Waals surface area contributed by atoms with E-state index in [0.717, 1.165) is 24.6 Å². The van der Waals surface area contributed by atoms with E-state index in [9.17, 15) is 4.79 Å². The number of nitrogens with zero attached hydrogens (tertiary/aromatic N) is 4. The van der Waals surface area contributed by atoms with Gasteiger partial charge in [0.15, 0.2) is 5.96 Å². The zero-order chi connectivity index (χ0) is 22.4. The molecule has 1 N–H and O–H groups in total. The summed E-state index contributed by atoms with van der Waals surface area (Å²) in [7, 11) is 4.09. The Morgan fingerprint density at radius 3 is 2.41 bits per heavy atom. The maximum atomic E-state index is 12.8. The molecule has 0 bridgehead atoms. The van der Waals surface area contributed by atoms with Crippen molar-refractivity contribution in [1.82, 2.24) is 19.7 Å². The highest BCUT2D eigenvalue weighted by Gasteiger charge is 2.26. The third kappa shape index (κ3) is 6.96. The van der Waals surface area contributed by atoms with Gasteiger partial charge in [-0.25, -0.2) is 4.99 Å². The van der Waals surface area contributed by atoms with Crippen LogP contribution in [0.3, 0.4) is 0 Å². The quantitative estimate of drug-likeness (QED) is 0.338. The molecule has 3 rings (SSSR count). The second kappa shape index (κ2) is 12.2. The van der Waals surface area contributed by atoms with Crippen LogP contribution in [0.1, 0.15) is 42.4 Å². The molecule has 1 aliphatic rings. The summed E-state index contributed by atoms with van der Waals surface area (Å²) in [5.74, 6) is 0.924. The number of rotatable bonds is 6. The van der Waals surface area contributed by atoms with Crippen molar-refractivity contribution in [3.05, 3.63) is 59.4 Å². The van der Waals surface area contributed by atoms with E-state index in [1.807, 2.05) is 69.4 Å². The van der Waals surface area contributed by atoms with Gasteiger partial charge in [-0.3, -0.25) is 4.79 Å². The first kappa shape index (κ1) is 26.2. The summed E-state index contributed by atoms with van der Waals surface area (Å²) < 4.78 is 7.85. The van der Waals surface area contributed by atoms with Crippen molar-refractivity contribution in [1.29, 1.82) is 0 Å². The molecule has 2 heterocycles. The monoisotopic (exact) mass is 553 g/mol. The molecule has 1 amide bonds. The first-order valence-electron chi connectivity index (χ1n) is 11.0. The molecule has 2 unspecified atom stereocenters. The van der Waals surface area contributed by atoms with E-state index in [0.29, 0.717) is 25.2 Å². The summed E-state index contributed by atoms with van der Waals surface area (Å²) in [4.78, 5) is 21.6. The van der Waals surface area contributed by atoms with E-state index in [1.54, 1.807) is 0 Å². The lowest BCUT2D eigenvalue weighted by Crippen LogP contribution is -2.48. The number of guanidine groups is 1. The number of aryl methyl sites for hydroxylation is 1. The molecule has 2 aromatic rings. The first-order valence-corrected chi connectivity index (χ1v) is 11.0. The van der Waals surface area contributed by atoms with Gasteiger partial charge in [0.1, 0.15) is 0 Å². The fraction of sp³-hybridized carbons (Fsp3) is 0.500. The van der Waals surface area contributed by atoms with Gasteiger partial charge in [0.2, 0.25) is 0 Å². The van der Waals surface area contributed by atoms with Crippen LogP contribution in [0.2, 0.25) is 0 Å². The molecule has 0 saturated carbocycles. The third-order valence-electron chi connectivity index (χ3n) is 5.47. The number of benzene rings is 1. The molecule has 7 nitrogen and oxygen atoms in total. The van der Waals surface area contributed by atoms with E-state index in [4.69, 9.17) is 9.73 Å². The van der Waals surface area contributed by atoms with Crippen LogP contribution in [0.15, 0.2) is 47.6 Å². The minimum atomic E-state index is 0. The van der Waals surface area contributed by atoms with Gasteiger partial charge in [-0.05, 0) is 50.6 Å². The molecule has 176 valence electrons. The number of carbonyl (C=O) groups is 1. The smallest absolute Gasteiger partial charge is 0.254 e. The molecule has 1 fully saturated rings. The summed E-state index contributed by atoms with van der Waals surface area (Å²) in [5.41, 5.74) is 3.01. The zero-order valence-corrected chi connectivity index (χ0v) is 22.1. The Kier molecular flexibility index (Phi) is 10.0. The number of aliphatic imine (C=N–C) groups is 1. The van der Waals surface area contributed by atoms with E-state index in [-0.39, 0.29) is 42.1 Å². The molecule has 1 aromatic carbocycles. The Morgan fingerprint density at radius 2 is 1.84 bits per heavy atom. The molecule has 0 aliphatic carbocycles. The summed E-state index contributed by atoms with van der Waals surface area (Å²) in [6.45, 7) is 9.49. The normalized spacial score (nSPS) is 18.8. The van der Waals surface area contributed by atoms with E-state index in [1.165, 1.54) is 5.69 Å². The highest BCUT2D eigenvalue weighted by molar-refractivity contribution is 14.0. The van der Waals surface area contributed by atoms with Crippen LogP contribution >= 0.6 is 24.0 Å². The topological polar surface area (TPSA) is 62.1 Å². The number of halogens is 1. The van der Waals surface area contributed by atoms with Gasteiger partial charge in [0, 0.05) is 51.2 Å². The van der Waals surface area contributed by atoms with E-state index in [2.05, 4.69) is 27.8 Å². The van der Waals surface area contributed by atoms with Crippen LogP contribution in [0.5, 0.6) is 0 Å². The fourth-order valence-corrected chi connectivity index (χ4v) is 3.89. The van der Waals surface area contributed by atoms with Gasteiger partial charge >= 0.3 is 0 Å². The van der Waals surface area contributed by atoms with Crippen molar-refractivity contribution in [3.8, 4) is 0 Å². The Morgan fingerprint density at radius 1 is 1.19 bits per heavy atom. The summed E-state index contributed by atoms with van der Waals surface area (Å²) in [6, 6.07) is 12.0. The zero-order valence-electron chi connectivity index (χ0n) is 19.7. The molecule has 1 aromatic heterocycles. The van der Waals surface area contributed by atoms with Crippen molar-refractivity contribution in [3.63, 3.8) is 0 Å². The molecule has 0 radical (unpaired) electrons. The highest BCUT2D eigenvalue weighted by atomic mass is 127. The lowest BCUT2D eigenvalue weighted by Gasteiger charge is -2.35. The average molecular weight is 553 g/mol. The summed E-state index contributed by atoms with van der Waals surface area (Å²) >= 11 is 0. The number of carbonyl (C=O) groups excluding carboxylic acids is 1. The van der Waals surface area contributed by atoms with E-state index >= 15 is 0 Å². The molecular weight excluding hydrogens is 517 g/mol. The van der Waals surface area contributed by atoms with Gasteiger partial charge in [0.25, 0.3) is 5.91 Å². The van der Waals surface area contributed by atoms with Gasteiger partial charge < -0.3 is 24.4 Å². The molecule has 0 spiro atoms. The van der Waals surface area contributed by atoms with Crippen LogP contribution in [0.25, 0.3) is 0 Å². The SMILES string of the molecule is CCNC(=NCc1ccc(C(=O)N2CC(C)OC(C)C2)cc1)N(C)Cc1cccn1C.I. The van der Waals surface area contributed by atoms with Gasteiger partial charge in [-0.15, -0.1) is 24.0 Å². The predicted molar refractivity (Wildman–Crippen MR) is 139 cm³/mol. The number of hydrogen-bond donors (Lipinski definition) is 1. The molecule has 8 heteroatoms. The minimum absolute atomic E-state index is 0. The maximum Gasteiger partial charge on any atom is 0.254 e. The second-order valence-electron chi connectivity index (χ2n) is 8.30. The highest BCUT2D eigenvalue weighted by Crippen LogP contribution is 2.15. The lowest BCUT2D eigenvalue weighted by molar-refractivity contribution is -0.0586. The third-order valence-corrected chi connectivity index (χ3v) is 5.47. The summed E-state index contributed by atoms with van der Waals surface area (Å²) in [6.07, 6.45) is 2.19. The van der Waals surface area contributed by atoms with Gasteiger partial charge in [-0.1, -0.05) is 12.1 Å². The second-order valence-corrected chi connectivity index (χ2v) is 8.30. The Hall–Kier alpha value is -2.07. The number of ether oxygens (including phenoxy) is 1. The van der Waals surface area contributed by atoms with Crippen molar-refractivity contribution in [2.45, 2.75) is 46.1 Å². The first-order chi connectivity index (χ1) is 14.9. The van der Waals surface area contributed by atoms with Crippen molar-refractivity contribution >= 4 is 35.8 Å². The van der Waals surface area contributed by atoms with Crippen LogP contribution in [0, 0.1) is 0 Å². The molecule has 1 saturated heterocycles. The maximum absolute atomic E-state index is 12.8. The van der Waals surface area contributed by atoms with Crippen LogP contribution in [-0.4, -0.2) is 65.1 Å². The predicted octanol–water partition coefficient (Wildman–Crippen LogP) is 3.49. The van der Waals surface area contributed by atoms with Gasteiger partial charge in [-0.2, -0.15) is 0 Å². The van der Waals surface area contributed by atoms with Crippen molar-refractivity contribution in [2.24, 2.45) is 12.0 Å². The van der Waals surface area contributed by atoms with Crippen LogP contribution in [0.4, 0.5) is 0 Å². The van der Waals surface area contributed by atoms with Gasteiger partial charge in [0.05, 0.1) is 25.3 Å². The fourth-order valence-electron chi connectivity index (χ4n) is 3.89. The van der Waals surface area contributed by atoms with Crippen molar-refractivity contribution < 1.29 is 9.53 Å². The summed E-state index contributed by atoms with van der Waals surface area (Å²) in [5, 5.41) is 3.36. The Labute approximate surface area is 208 Å². The standard InChI is InChI=1S/C24H35N5O2.HI/c1-6-25-24(28(5)17-22-8-7-13-27(22)4)26-14-20-9-11-21(12-10-20)23(30)29-15-18(2)31-19(3)16-29;/h7-13,18-19H,6,14-17H2,1-5H3,(H,25,26);1H. The molecule has 32 heavy (non-hydrogen) atoms. The van der Waals surface area contributed by atoms with Crippen LogP contribution < -0.4 is 5.32 Å². The lowest BCUT2D eigenvalue weighted by atomic mass is 10.1. The van der Waals surface area contributed by atoms with Crippen molar-refractivity contribution in [2.75, 3.05) is 26.7 Å². The Balaban J connectivity index is 0.00000363. The van der Waals surface area contributed by atoms with Crippen LogP contribution in [-0.2, 0) is 24.9 Å². The molecular formula is C24H36IN5O2. The molecule has 1 aliphatic heterocycles. The molecule has 2 atom stereocenters. The number of morpholine rings is 1. The average Bonchev–Trinajstić information content (AvgIpc) is 3.14. The largest absolute Gasteiger partial charge is 0.372 e. The number of nitrogens with one attached hydrogen (secondary N) is 1. The number of hydrogen-bond acceptors (Lipinski definition) is 3. The van der Waals surface area contributed by atoms with E-state index < -0.39 is 0 Å². The number of amides is 1. The number of aromatic nitrogens is 1. The Bertz CT molecular complexity index is 886. The minimum Gasteiger partial charge on any atom is -0.372 e.